The van der Waals surface area contributed by atoms with Crippen LogP contribution in [0.3, 0.4) is 0 Å². The van der Waals surface area contributed by atoms with Gasteiger partial charge in [-0.25, -0.2) is 15.0 Å². The average molecular weight is 317 g/mol. The summed E-state index contributed by atoms with van der Waals surface area (Å²) in [7, 11) is 0. The van der Waals surface area contributed by atoms with Crippen molar-refractivity contribution in [1.29, 1.82) is 0 Å². The Bertz CT molecular complexity index is 663. The Balaban J connectivity index is 1.78. The zero-order valence-electron chi connectivity index (χ0n) is 12.7. The molecule has 0 atom stereocenters. The molecule has 0 radical (unpaired) electrons. The fourth-order valence-corrected chi connectivity index (χ4v) is 3.25. The second kappa shape index (κ2) is 6.39. The molecule has 1 aliphatic heterocycles. The summed E-state index contributed by atoms with van der Waals surface area (Å²) in [5, 5.41) is 5.66. The van der Waals surface area contributed by atoms with Gasteiger partial charge in [0, 0.05) is 24.4 Å². The standard InChI is InChI=1S/C15H19N5OS/c1-10(2)15-19-12(8-22-15)14(21)18-11-7-16-9-17-13(11)20-5-3-4-6-20/h7-10H,3-6H2,1-2H3,(H,18,21). The van der Waals surface area contributed by atoms with E-state index in [0.717, 1.165) is 36.8 Å². The lowest BCUT2D eigenvalue weighted by atomic mass is 10.2. The van der Waals surface area contributed by atoms with Crippen molar-refractivity contribution in [3.63, 3.8) is 0 Å². The highest BCUT2D eigenvalue weighted by Gasteiger charge is 2.20. The van der Waals surface area contributed by atoms with Crippen LogP contribution < -0.4 is 10.2 Å². The van der Waals surface area contributed by atoms with Crippen molar-refractivity contribution in [3.8, 4) is 0 Å². The Morgan fingerprint density at radius 1 is 1.36 bits per heavy atom. The summed E-state index contributed by atoms with van der Waals surface area (Å²) >= 11 is 1.51. The third-order valence-electron chi connectivity index (χ3n) is 3.59. The van der Waals surface area contributed by atoms with Gasteiger partial charge < -0.3 is 10.2 Å². The minimum atomic E-state index is -0.210. The first kappa shape index (κ1) is 14.9. The molecule has 2 aromatic heterocycles. The van der Waals surface area contributed by atoms with Gasteiger partial charge in [0.1, 0.15) is 17.7 Å². The molecule has 1 saturated heterocycles. The molecule has 22 heavy (non-hydrogen) atoms. The molecule has 2 aromatic rings. The summed E-state index contributed by atoms with van der Waals surface area (Å²) in [6.45, 7) is 6.07. The number of carbonyl (C=O) groups is 1. The fourth-order valence-electron chi connectivity index (χ4n) is 2.44. The number of amides is 1. The van der Waals surface area contributed by atoms with Gasteiger partial charge in [0.2, 0.25) is 0 Å². The highest BCUT2D eigenvalue weighted by molar-refractivity contribution is 7.09. The predicted octanol–water partition coefficient (Wildman–Crippen LogP) is 2.91. The van der Waals surface area contributed by atoms with E-state index in [9.17, 15) is 4.79 Å². The molecule has 3 rings (SSSR count). The maximum atomic E-state index is 12.4. The lowest BCUT2D eigenvalue weighted by molar-refractivity contribution is 0.102. The summed E-state index contributed by atoms with van der Waals surface area (Å²) in [6.07, 6.45) is 5.47. The van der Waals surface area contributed by atoms with Crippen LogP contribution in [0.1, 0.15) is 48.1 Å². The SMILES string of the molecule is CC(C)c1nc(C(=O)Nc2cncnc2N2CCCC2)cs1. The van der Waals surface area contributed by atoms with Crippen molar-refractivity contribution in [2.75, 3.05) is 23.3 Å². The van der Waals surface area contributed by atoms with E-state index in [2.05, 4.69) is 39.0 Å². The molecule has 0 aromatic carbocycles. The highest BCUT2D eigenvalue weighted by Crippen LogP contribution is 2.26. The number of anilines is 2. The molecule has 1 amide bonds. The third kappa shape index (κ3) is 3.09. The Labute approximate surface area is 133 Å². The number of aromatic nitrogens is 3. The molecule has 1 aliphatic rings. The lowest BCUT2D eigenvalue weighted by Gasteiger charge is -2.19. The van der Waals surface area contributed by atoms with Gasteiger partial charge in [-0.1, -0.05) is 13.8 Å². The Morgan fingerprint density at radius 3 is 2.82 bits per heavy atom. The van der Waals surface area contributed by atoms with Crippen LogP contribution in [0, 0.1) is 0 Å². The minimum Gasteiger partial charge on any atom is -0.355 e. The van der Waals surface area contributed by atoms with E-state index in [1.54, 1.807) is 11.6 Å². The molecule has 0 unspecified atom stereocenters. The second-order valence-electron chi connectivity index (χ2n) is 5.63. The van der Waals surface area contributed by atoms with Crippen LogP contribution in [0.15, 0.2) is 17.9 Å². The Morgan fingerprint density at radius 2 is 2.14 bits per heavy atom. The molecule has 7 heteroatoms. The van der Waals surface area contributed by atoms with Crippen molar-refractivity contribution in [3.05, 3.63) is 28.6 Å². The first-order valence-electron chi connectivity index (χ1n) is 7.47. The van der Waals surface area contributed by atoms with Crippen LogP contribution >= 0.6 is 11.3 Å². The van der Waals surface area contributed by atoms with Crippen LogP contribution in [0.5, 0.6) is 0 Å². The monoisotopic (exact) mass is 317 g/mol. The van der Waals surface area contributed by atoms with Gasteiger partial charge >= 0.3 is 0 Å². The maximum Gasteiger partial charge on any atom is 0.275 e. The zero-order valence-corrected chi connectivity index (χ0v) is 13.6. The summed E-state index contributed by atoms with van der Waals surface area (Å²) in [6, 6.07) is 0. The normalized spacial score (nSPS) is 14.6. The summed E-state index contributed by atoms with van der Waals surface area (Å²) in [5.74, 6) is 0.908. The molecule has 3 heterocycles. The van der Waals surface area contributed by atoms with Crippen LogP contribution in [0.4, 0.5) is 11.5 Å². The van der Waals surface area contributed by atoms with Crippen LogP contribution in [-0.4, -0.2) is 33.9 Å². The maximum absolute atomic E-state index is 12.4. The number of nitrogens with zero attached hydrogens (tertiary/aromatic N) is 4. The molecule has 0 saturated carbocycles. The molecule has 0 bridgehead atoms. The van der Waals surface area contributed by atoms with Crippen molar-refractivity contribution >= 4 is 28.7 Å². The first-order chi connectivity index (χ1) is 10.6. The molecule has 0 spiro atoms. The number of hydrogen-bond acceptors (Lipinski definition) is 6. The number of hydrogen-bond donors (Lipinski definition) is 1. The van der Waals surface area contributed by atoms with Gasteiger partial charge in [0.15, 0.2) is 5.82 Å². The molecule has 116 valence electrons. The predicted molar refractivity (Wildman–Crippen MR) is 87.6 cm³/mol. The van der Waals surface area contributed by atoms with E-state index < -0.39 is 0 Å². The van der Waals surface area contributed by atoms with Gasteiger partial charge in [-0.2, -0.15) is 0 Å². The van der Waals surface area contributed by atoms with Crippen molar-refractivity contribution in [1.82, 2.24) is 15.0 Å². The molecule has 0 aliphatic carbocycles. The fraction of sp³-hybridized carbons (Fsp3) is 0.467. The molecule has 1 fully saturated rings. The summed E-state index contributed by atoms with van der Waals surface area (Å²) in [5.41, 5.74) is 1.10. The molecular formula is C15H19N5OS. The van der Waals surface area contributed by atoms with Crippen LogP contribution in [-0.2, 0) is 0 Å². The largest absolute Gasteiger partial charge is 0.355 e. The van der Waals surface area contributed by atoms with Crippen molar-refractivity contribution < 1.29 is 4.79 Å². The zero-order chi connectivity index (χ0) is 15.5. The quantitative estimate of drug-likeness (QED) is 0.939. The van der Waals surface area contributed by atoms with Gasteiger partial charge in [-0.05, 0) is 12.8 Å². The topological polar surface area (TPSA) is 71.0 Å². The van der Waals surface area contributed by atoms with Crippen molar-refractivity contribution in [2.45, 2.75) is 32.6 Å². The number of rotatable bonds is 4. The third-order valence-corrected chi connectivity index (χ3v) is 4.74. The Kier molecular flexibility index (Phi) is 4.33. The first-order valence-corrected chi connectivity index (χ1v) is 8.35. The van der Waals surface area contributed by atoms with Gasteiger partial charge in [0.05, 0.1) is 11.2 Å². The average Bonchev–Trinajstić information content (AvgIpc) is 3.19. The van der Waals surface area contributed by atoms with E-state index >= 15 is 0 Å². The minimum absolute atomic E-state index is 0.210. The summed E-state index contributed by atoms with van der Waals surface area (Å²) < 4.78 is 0. The number of thiazole rings is 1. The highest BCUT2D eigenvalue weighted by atomic mass is 32.1. The van der Waals surface area contributed by atoms with Crippen LogP contribution in [0.25, 0.3) is 0 Å². The lowest BCUT2D eigenvalue weighted by Crippen LogP contribution is -2.22. The van der Waals surface area contributed by atoms with Gasteiger partial charge in [0.25, 0.3) is 5.91 Å². The van der Waals surface area contributed by atoms with Gasteiger partial charge in [-0.3, -0.25) is 4.79 Å². The molecule has 6 nitrogen and oxygen atoms in total. The van der Waals surface area contributed by atoms with E-state index in [1.807, 2.05) is 0 Å². The number of nitrogens with one attached hydrogen (secondary N) is 1. The van der Waals surface area contributed by atoms with E-state index in [0.29, 0.717) is 17.3 Å². The van der Waals surface area contributed by atoms with E-state index in [-0.39, 0.29) is 5.91 Å². The second-order valence-corrected chi connectivity index (χ2v) is 6.52. The summed E-state index contributed by atoms with van der Waals surface area (Å²) in [4.78, 5) is 27.3. The number of carbonyl (C=O) groups excluding carboxylic acids is 1. The van der Waals surface area contributed by atoms with Crippen molar-refractivity contribution in [2.24, 2.45) is 0 Å². The van der Waals surface area contributed by atoms with Crippen LogP contribution in [0.2, 0.25) is 0 Å². The molecular weight excluding hydrogens is 298 g/mol. The van der Waals surface area contributed by atoms with Gasteiger partial charge in [-0.15, -0.1) is 11.3 Å². The van der Waals surface area contributed by atoms with E-state index in [4.69, 9.17) is 0 Å². The Hall–Kier alpha value is -2.02. The molecule has 1 N–H and O–H groups in total. The van der Waals surface area contributed by atoms with E-state index in [1.165, 1.54) is 17.7 Å². The smallest absolute Gasteiger partial charge is 0.275 e.